The molecule has 2 rings (SSSR count). The summed E-state index contributed by atoms with van der Waals surface area (Å²) in [5.41, 5.74) is 1.02. The molecule has 0 radical (unpaired) electrons. The standard InChI is InChI=1S/C14H15N3O3S/c1-11(2)12-4-6-13(7-5-12)21(19,20)17(10-18)14-15-8-3-9-16-14/h3-11H,1-2H3. The van der Waals surface area contributed by atoms with Gasteiger partial charge in [-0.1, -0.05) is 26.0 Å². The van der Waals surface area contributed by atoms with Crippen molar-refractivity contribution in [2.24, 2.45) is 0 Å². The van der Waals surface area contributed by atoms with E-state index in [-0.39, 0.29) is 17.3 Å². The van der Waals surface area contributed by atoms with Crippen LogP contribution in [0.15, 0.2) is 47.6 Å². The molecule has 0 atom stereocenters. The van der Waals surface area contributed by atoms with Gasteiger partial charge in [-0.2, -0.15) is 4.31 Å². The highest BCUT2D eigenvalue weighted by atomic mass is 32.2. The fourth-order valence-electron chi connectivity index (χ4n) is 1.75. The van der Waals surface area contributed by atoms with Crippen LogP contribution in [-0.4, -0.2) is 24.8 Å². The van der Waals surface area contributed by atoms with Gasteiger partial charge >= 0.3 is 0 Å². The van der Waals surface area contributed by atoms with E-state index in [1.807, 2.05) is 13.8 Å². The predicted octanol–water partition coefficient (Wildman–Crippen LogP) is 1.95. The van der Waals surface area contributed by atoms with E-state index in [0.717, 1.165) is 5.56 Å². The van der Waals surface area contributed by atoms with Crippen molar-refractivity contribution in [3.63, 3.8) is 0 Å². The number of carbonyl (C=O) groups excluding carboxylic acids is 1. The van der Waals surface area contributed by atoms with Gasteiger partial charge in [0.15, 0.2) is 0 Å². The van der Waals surface area contributed by atoms with Crippen LogP contribution >= 0.6 is 0 Å². The van der Waals surface area contributed by atoms with Crippen molar-refractivity contribution in [3.8, 4) is 0 Å². The monoisotopic (exact) mass is 305 g/mol. The number of hydrogen-bond donors (Lipinski definition) is 0. The zero-order valence-corrected chi connectivity index (χ0v) is 12.5. The molecule has 110 valence electrons. The Kier molecular flexibility index (Phi) is 4.32. The summed E-state index contributed by atoms with van der Waals surface area (Å²) in [6, 6.07) is 7.95. The Morgan fingerprint density at radius 1 is 1.10 bits per heavy atom. The second-order valence-electron chi connectivity index (χ2n) is 4.68. The van der Waals surface area contributed by atoms with Crippen LogP contribution in [0.3, 0.4) is 0 Å². The van der Waals surface area contributed by atoms with E-state index >= 15 is 0 Å². The van der Waals surface area contributed by atoms with Crippen LogP contribution in [0.5, 0.6) is 0 Å². The van der Waals surface area contributed by atoms with Gasteiger partial charge < -0.3 is 0 Å². The predicted molar refractivity (Wildman–Crippen MR) is 78.3 cm³/mol. The Labute approximate surface area is 123 Å². The van der Waals surface area contributed by atoms with Gasteiger partial charge in [-0.25, -0.2) is 18.4 Å². The number of amides is 1. The molecular formula is C14H15N3O3S. The van der Waals surface area contributed by atoms with Crippen LogP contribution < -0.4 is 4.31 Å². The summed E-state index contributed by atoms with van der Waals surface area (Å²) in [6.45, 7) is 4.03. The molecule has 1 aromatic carbocycles. The molecule has 0 unspecified atom stereocenters. The second-order valence-corrected chi connectivity index (χ2v) is 6.49. The zero-order valence-electron chi connectivity index (χ0n) is 11.7. The fraction of sp³-hybridized carbons (Fsp3) is 0.214. The molecule has 1 amide bonds. The minimum absolute atomic E-state index is 0.0199. The molecule has 6 nitrogen and oxygen atoms in total. The third kappa shape index (κ3) is 3.08. The number of rotatable bonds is 5. The van der Waals surface area contributed by atoms with Crippen molar-refractivity contribution >= 4 is 22.4 Å². The Hall–Kier alpha value is -2.28. The molecule has 0 N–H and O–H groups in total. The van der Waals surface area contributed by atoms with E-state index in [1.54, 1.807) is 12.1 Å². The summed E-state index contributed by atoms with van der Waals surface area (Å²) in [5.74, 6) is 0.113. The van der Waals surface area contributed by atoms with Gasteiger partial charge in [0.25, 0.3) is 10.0 Å². The van der Waals surface area contributed by atoms with Gasteiger partial charge in [0.05, 0.1) is 4.90 Å². The third-order valence-electron chi connectivity index (χ3n) is 2.95. The first-order valence-electron chi connectivity index (χ1n) is 6.33. The van der Waals surface area contributed by atoms with Crippen molar-refractivity contribution < 1.29 is 13.2 Å². The van der Waals surface area contributed by atoms with Crippen LogP contribution in [0.4, 0.5) is 5.95 Å². The van der Waals surface area contributed by atoms with Gasteiger partial charge in [0.2, 0.25) is 12.4 Å². The smallest absolute Gasteiger partial charge is 0.273 e. The number of benzene rings is 1. The highest BCUT2D eigenvalue weighted by Crippen LogP contribution is 2.21. The van der Waals surface area contributed by atoms with Crippen LogP contribution in [0, 0.1) is 0 Å². The summed E-state index contributed by atoms with van der Waals surface area (Å²) in [6.07, 6.45) is 2.94. The average molecular weight is 305 g/mol. The molecule has 0 spiro atoms. The van der Waals surface area contributed by atoms with E-state index in [1.165, 1.54) is 30.6 Å². The molecular weight excluding hydrogens is 290 g/mol. The normalized spacial score (nSPS) is 11.4. The number of nitrogens with zero attached hydrogens (tertiary/aromatic N) is 3. The molecule has 2 aromatic rings. The SMILES string of the molecule is CC(C)c1ccc(S(=O)(=O)N(C=O)c2ncccn2)cc1. The first kappa shape index (κ1) is 15.1. The van der Waals surface area contributed by atoms with Crippen molar-refractivity contribution in [1.82, 2.24) is 9.97 Å². The lowest BCUT2D eigenvalue weighted by atomic mass is 10.0. The summed E-state index contributed by atoms with van der Waals surface area (Å²) < 4.78 is 25.4. The molecule has 1 heterocycles. The van der Waals surface area contributed by atoms with E-state index in [0.29, 0.717) is 10.2 Å². The lowest BCUT2D eigenvalue weighted by molar-refractivity contribution is -0.106. The van der Waals surface area contributed by atoms with Crippen LogP contribution in [0.25, 0.3) is 0 Å². The molecule has 0 bridgehead atoms. The molecule has 21 heavy (non-hydrogen) atoms. The third-order valence-corrected chi connectivity index (χ3v) is 4.58. The second kappa shape index (κ2) is 6.01. The Balaban J connectivity index is 2.42. The summed E-state index contributed by atoms with van der Waals surface area (Å²) in [5, 5.41) is 0. The molecule has 0 aliphatic heterocycles. The highest BCUT2D eigenvalue weighted by molar-refractivity contribution is 7.93. The Bertz CT molecular complexity index is 713. The summed E-state index contributed by atoms with van der Waals surface area (Å²) in [4.78, 5) is 18.8. The van der Waals surface area contributed by atoms with Crippen LogP contribution in [0.1, 0.15) is 25.3 Å². The molecule has 0 saturated carbocycles. The average Bonchev–Trinajstić information content (AvgIpc) is 2.49. The Morgan fingerprint density at radius 2 is 1.67 bits per heavy atom. The van der Waals surface area contributed by atoms with Gasteiger partial charge in [0.1, 0.15) is 0 Å². The topological polar surface area (TPSA) is 80.2 Å². The van der Waals surface area contributed by atoms with Crippen LogP contribution in [0.2, 0.25) is 0 Å². The first-order valence-corrected chi connectivity index (χ1v) is 7.77. The number of carbonyl (C=O) groups is 1. The lowest BCUT2D eigenvalue weighted by Gasteiger charge is -2.15. The highest BCUT2D eigenvalue weighted by Gasteiger charge is 2.26. The lowest BCUT2D eigenvalue weighted by Crippen LogP contribution is -2.31. The number of hydrogen-bond acceptors (Lipinski definition) is 5. The van der Waals surface area contributed by atoms with Crippen molar-refractivity contribution in [3.05, 3.63) is 48.3 Å². The van der Waals surface area contributed by atoms with E-state index in [2.05, 4.69) is 9.97 Å². The number of aromatic nitrogens is 2. The zero-order chi connectivity index (χ0) is 15.5. The van der Waals surface area contributed by atoms with Crippen LogP contribution in [-0.2, 0) is 14.8 Å². The van der Waals surface area contributed by atoms with E-state index < -0.39 is 10.0 Å². The van der Waals surface area contributed by atoms with Gasteiger partial charge in [0, 0.05) is 12.4 Å². The maximum Gasteiger partial charge on any atom is 0.273 e. The quantitative estimate of drug-likeness (QED) is 0.789. The minimum atomic E-state index is -4.01. The van der Waals surface area contributed by atoms with Gasteiger partial charge in [-0.05, 0) is 29.7 Å². The maximum atomic E-state index is 12.5. The molecule has 0 fully saturated rings. The summed E-state index contributed by atoms with van der Waals surface area (Å²) >= 11 is 0. The van der Waals surface area contributed by atoms with Crippen molar-refractivity contribution in [2.45, 2.75) is 24.7 Å². The number of anilines is 1. The van der Waals surface area contributed by atoms with Crippen molar-refractivity contribution in [1.29, 1.82) is 0 Å². The molecule has 1 aromatic heterocycles. The summed E-state index contributed by atoms with van der Waals surface area (Å²) in [7, 11) is -4.01. The van der Waals surface area contributed by atoms with Gasteiger partial charge in [-0.3, -0.25) is 4.79 Å². The maximum absolute atomic E-state index is 12.5. The Morgan fingerprint density at radius 3 is 2.14 bits per heavy atom. The van der Waals surface area contributed by atoms with Crippen molar-refractivity contribution in [2.75, 3.05) is 4.31 Å². The molecule has 0 saturated heterocycles. The van der Waals surface area contributed by atoms with Gasteiger partial charge in [-0.15, -0.1) is 0 Å². The fourth-order valence-corrected chi connectivity index (χ4v) is 2.88. The van der Waals surface area contributed by atoms with E-state index in [4.69, 9.17) is 0 Å². The largest absolute Gasteiger partial charge is 0.277 e. The molecule has 0 aliphatic carbocycles. The number of sulfonamides is 1. The first-order chi connectivity index (χ1) is 9.96. The molecule has 7 heteroatoms. The van der Waals surface area contributed by atoms with E-state index in [9.17, 15) is 13.2 Å². The minimum Gasteiger partial charge on any atom is -0.277 e. The molecule has 0 aliphatic rings.